The fraction of sp³-hybridized carbons (Fsp3) is 0.300. The van der Waals surface area contributed by atoms with Crippen molar-refractivity contribution in [3.63, 3.8) is 0 Å². The number of nitrogens with two attached hydrogens (primary N) is 1. The van der Waals surface area contributed by atoms with E-state index in [0.717, 1.165) is 35.5 Å². The maximum atomic E-state index is 6.00. The first-order valence-electron chi connectivity index (χ1n) is 8.83. The highest BCUT2D eigenvalue weighted by Crippen LogP contribution is 2.29. The van der Waals surface area contributed by atoms with Gasteiger partial charge in [0.2, 0.25) is 0 Å². The lowest BCUT2D eigenvalue weighted by molar-refractivity contribution is 0.355. The minimum absolute atomic E-state index is 0.370. The summed E-state index contributed by atoms with van der Waals surface area (Å²) in [5.41, 5.74) is 8.96. The lowest BCUT2D eigenvalue weighted by Crippen LogP contribution is -2.23. The second-order valence-electron chi connectivity index (χ2n) is 6.11. The normalized spacial score (nSPS) is 11.6. The quantitative estimate of drug-likeness (QED) is 0.380. The topological polar surface area (TPSA) is 86.7 Å². The first kappa shape index (κ1) is 18.6. The Hall–Kier alpha value is -3.22. The Labute approximate surface area is 158 Å². The lowest BCUT2D eigenvalue weighted by Gasteiger charge is -2.11. The number of benzene rings is 2. The smallest absolute Gasteiger partial charge is 0.193 e. The Balaban J connectivity index is 1.57. The largest absolute Gasteiger partial charge is 0.493 e. The zero-order valence-electron chi connectivity index (χ0n) is 15.9. The van der Waals surface area contributed by atoms with Crippen LogP contribution in [0.1, 0.15) is 12.2 Å². The molecule has 0 amide bonds. The van der Waals surface area contributed by atoms with Crippen LogP contribution in [0.5, 0.6) is 11.5 Å². The third kappa shape index (κ3) is 4.31. The summed E-state index contributed by atoms with van der Waals surface area (Å²) in [5, 5.41) is 3.08. The van der Waals surface area contributed by atoms with Crippen molar-refractivity contribution < 1.29 is 9.47 Å². The van der Waals surface area contributed by atoms with Crippen LogP contribution in [0, 0.1) is 6.92 Å². The van der Waals surface area contributed by atoms with Crippen LogP contribution in [0.3, 0.4) is 0 Å². The van der Waals surface area contributed by atoms with Crippen LogP contribution in [0.4, 0.5) is 5.69 Å². The van der Waals surface area contributed by atoms with Crippen LogP contribution in [0.25, 0.3) is 11.0 Å². The molecule has 0 aliphatic heterocycles. The van der Waals surface area contributed by atoms with Crippen LogP contribution in [0.2, 0.25) is 0 Å². The molecule has 3 rings (SSSR count). The van der Waals surface area contributed by atoms with Gasteiger partial charge < -0.3 is 25.1 Å². The van der Waals surface area contributed by atoms with Crippen molar-refractivity contribution in [2.45, 2.75) is 19.9 Å². The maximum absolute atomic E-state index is 6.00. The summed E-state index contributed by atoms with van der Waals surface area (Å²) in [4.78, 5) is 8.99. The van der Waals surface area contributed by atoms with E-state index < -0.39 is 0 Å². The number of para-hydroxylation sites is 2. The van der Waals surface area contributed by atoms with E-state index in [1.165, 1.54) is 0 Å². The van der Waals surface area contributed by atoms with Gasteiger partial charge in [0.15, 0.2) is 17.5 Å². The molecule has 0 radical (unpaired) electrons. The van der Waals surface area contributed by atoms with Crippen molar-refractivity contribution in [2.24, 2.45) is 10.7 Å². The molecule has 7 heteroatoms. The first-order valence-corrected chi connectivity index (χ1v) is 8.83. The number of ether oxygens (including phenoxy) is 2. The molecule has 0 atom stereocenters. The maximum Gasteiger partial charge on any atom is 0.193 e. The Morgan fingerprint density at radius 1 is 1.15 bits per heavy atom. The zero-order valence-corrected chi connectivity index (χ0v) is 15.9. The van der Waals surface area contributed by atoms with Crippen molar-refractivity contribution in [1.82, 2.24) is 9.55 Å². The number of guanidine groups is 1. The van der Waals surface area contributed by atoms with Crippen LogP contribution < -0.4 is 20.5 Å². The SMILES string of the molecule is COc1ccc(NC(N)=NCCCn2c(C)nc3ccccc32)cc1OC. The summed E-state index contributed by atoms with van der Waals surface area (Å²) in [6.45, 7) is 3.49. The second kappa shape index (κ2) is 8.44. The highest BCUT2D eigenvalue weighted by molar-refractivity contribution is 5.92. The molecule has 27 heavy (non-hydrogen) atoms. The molecular formula is C20H25N5O2. The molecule has 0 fully saturated rings. The van der Waals surface area contributed by atoms with Crippen molar-refractivity contribution in [3.8, 4) is 11.5 Å². The van der Waals surface area contributed by atoms with Crippen LogP contribution in [0.15, 0.2) is 47.5 Å². The number of nitrogens with one attached hydrogen (secondary N) is 1. The van der Waals surface area contributed by atoms with E-state index in [0.29, 0.717) is 24.0 Å². The van der Waals surface area contributed by atoms with Gasteiger partial charge in [-0.15, -0.1) is 0 Å². The molecule has 3 N–H and O–H groups in total. The van der Waals surface area contributed by atoms with Gasteiger partial charge in [-0.25, -0.2) is 4.98 Å². The third-order valence-electron chi connectivity index (χ3n) is 4.32. The van der Waals surface area contributed by atoms with Gasteiger partial charge in [0.1, 0.15) is 5.82 Å². The molecule has 0 unspecified atom stereocenters. The van der Waals surface area contributed by atoms with Crippen LogP contribution >= 0.6 is 0 Å². The number of nitrogens with zero attached hydrogens (tertiary/aromatic N) is 3. The summed E-state index contributed by atoms with van der Waals surface area (Å²) < 4.78 is 12.7. The molecule has 0 saturated carbocycles. The molecule has 1 heterocycles. The number of aromatic nitrogens is 2. The molecule has 1 aromatic heterocycles. The minimum atomic E-state index is 0.370. The number of anilines is 1. The number of rotatable bonds is 7. The summed E-state index contributed by atoms with van der Waals surface area (Å²) in [5.74, 6) is 2.69. The van der Waals surface area contributed by atoms with Gasteiger partial charge in [-0.3, -0.25) is 4.99 Å². The number of hydrogen-bond donors (Lipinski definition) is 2. The molecule has 0 aliphatic rings. The highest BCUT2D eigenvalue weighted by Gasteiger charge is 2.07. The predicted octanol–water partition coefficient (Wildman–Crippen LogP) is 3.18. The van der Waals surface area contributed by atoms with Gasteiger partial charge in [-0.05, 0) is 37.6 Å². The molecule has 0 bridgehead atoms. The molecule has 0 saturated heterocycles. The van der Waals surface area contributed by atoms with Crippen molar-refractivity contribution in [1.29, 1.82) is 0 Å². The molecule has 142 valence electrons. The molecule has 3 aromatic rings. The number of aryl methyl sites for hydroxylation is 2. The molecular weight excluding hydrogens is 342 g/mol. The fourth-order valence-corrected chi connectivity index (χ4v) is 3.01. The van der Waals surface area contributed by atoms with Crippen molar-refractivity contribution >= 4 is 22.7 Å². The number of methoxy groups -OCH3 is 2. The number of hydrogen-bond acceptors (Lipinski definition) is 4. The third-order valence-corrected chi connectivity index (χ3v) is 4.32. The summed E-state index contributed by atoms with van der Waals surface area (Å²) in [6.07, 6.45) is 0.871. The van der Waals surface area contributed by atoms with Gasteiger partial charge in [-0.1, -0.05) is 12.1 Å². The van der Waals surface area contributed by atoms with E-state index in [1.54, 1.807) is 14.2 Å². The first-order chi connectivity index (χ1) is 13.1. The van der Waals surface area contributed by atoms with E-state index in [2.05, 4.69) is 25.9 Å². The Morgan fingerprint density at radius 3 is 2.70 bits per heavy atom. The van der Waals surface area contributed by atoms with E-state index in [1.807, 2.05) is 43.3 Å². The number of aliphatic imine (C=N–C) groups is 1. The van der Waals surface area contributed by atoms with Crippen molar-refractivity contribution in [2.75, 3.05) is 26.1 Å². The van der Waals surface area contributed by atoms with Gasteiger partial charge in [0.05, 0.1) is 25.3 Å². The summed E-state index contributed by atoms with van der Waals surface area (Å²) >= 11 is 0. The van der Waals surface area contributed by atoms with Gasteiger partial charge in [0, 0.05) is 24.8 Å². The minimum Gasteiger partial charge on any atom is -0.493 e. The fourth-order valence-electron chi connectivity index (χ4n) is 3.01. The van der Waals surface area contributed by atoms with Crippen LogP contribution in [-0.4, -0.2) is 36.3 Å². The van der Waals surface area contributed by atoms with Crippen molar-refractivity contribution in [3.05, 3.63) is 48.3 Å². The van der Waals surface area contributed by atoms with Gasteiger partial charge >= 0.3 is 0 Å². The zero-order chi connectivity index (χ0) is 19.2. The average Bonchev–Trinajstić information content (AvgIpc) is 3.00. The highest BCUT2D eigenvalue weighted by atomic mass is 16.5. The molecule has 2 aromatic carbocycles. The number of fused-ring (bicyclic) bond motifs is 1. The van der Waals surface area contributed by atoms with E-state index in [-0.39, 0.29) is 0 Å². The van der Waals surface area contributed by atoms with Crippen LogP contribution in [-0.2, 0) is 6.54 Å². The van der Waals surface area contributed by atoms with Gasteiger partial charge in [0.25, 0.3) is 0 Å². The van der Waals surface area contributed by atoms with E-state index >= 15 is 0 Å². The Morgan fingerprint density at radius 2 is 1.93 bits per heavy atom. The second-order valence-corrected chi connectivity index (χ2v) is 6.11. The van der Waals surface area contributed by atoms with E-state index in [9.17, 15) is 0 Å². The Bertz CT molecular complexity index is 949. The molecule has 7 nitrogen and oxygen atoms in total. The molecule has 0 spiro atoms. The molecule has 0 aliphatic carbocycles. The average molecular weight is 367 g/mol. The Kier molecular flexibility index (Phi) is 5.80. The van der Waals surface area contributed by atoms with E-state index in [4.69, 9.17) is 15.2 Å². The predicted molar refractivity (Wildman–Crippen MR) is 109 cm³/mol. The lowest BCUT2D eigenvalue weighted by atomic mass is 10.3. The summed E-state index contributed by atoms with van der Waals surface area (Å²) in [6, 6.07) is 13.7. The number of imidazole rings is 1. The monoisotopic (exact) mass is 367 g/mol. The summed E-state index contributed by atoms with van der Waals surface area (Å²) in [7, 11) is 3.20. The standard InChI is InChI=1S/C20H25N5O2/c1-14-23-16-7-4-5-8-17(16)25(14)12-6-11-22-20(21)24-15-9-10-18(26-2)19(13-15)27-3/h4-5,7-10,13H,6,11-12H2,1-3H3,(H3,21,22,24). The van der Waals surface area contributed by atoms with Gasteiger partial charge in [-0.2, -0.15) is 0 Å².